The van der Waals surface area contributed by atoms with Crippen molar-refractivity contribution >= 4 is 10.9 Å². The summed E-state index contributed by atoms with van der Waals surface area (Å²) in [4.78, 5) is 17.1. The van der Waals surface area contributed by atoms with Crippen molar-refractivity contribution in [2.45, 2.75) is 19.4 Å². The van der Waals surface area contributed by atoms with Crippen LogP contribution in [0.15, 0.2) is 47.3 Å². The Hall–Kier alpha value is -2.82. The quantitative estimate of drug-likeness (QED) is 0.743. The van der Waals surface area contributed by atoms with Gasteiger partial charge in [-0.1, -0.05) is 30.3 Å². The van der Waals surface area contributed by atoms with Gasteiger partial charge >= 0.3 is 5.69 Å². The molecule has 120 valence electrons. The zero-order chi connectivity index (χ0) is 16.1. The molecule has 0 saturated heterocycles. The number of nitrogens with zero attached hydrogens (tertiary/aromatic N) is 2. The van der Waals surface area contributed by atoms with E-state index in [9.17, 15) is 4.79 Å². The van der Waals surface area contributed by atoms with Gasteiger partial charge in [0.05, 0.1) is 11.2 Å². The van der Waals surface area contributed by atoms with Gasteiger partial charge < -0.3 is 9.47 Å². The van der Waals surface area contributed by atoms with E-state index in [0.29, 0.717) is 23.1 Å². The van der Waals surface area contributed by atoms with Crippen molar-refractivity contribution in [2.75, 3.05) is 6.79 Å². The summed E-state index contributed by atoms with van der Waals surface area (Å²) in [5.41, 5.74) is 2.29. The van der Waals surface area contributed by atoms with E-state index in [1.165, 1.54) is 12.8 Å². The molecule has 1 fully saturated rings. The summed E-state index contributed by atoms with van der Waals surface area (Å²) in [7, 11) is 0. The number of benzene rings is 2. The van der Waals surface area contributed by atoms with Crippen LogP contribution in [0.1, 0.15) is 12.8 Å². The average Bonchev–Trinajstić information content (AvgIpc) is 3.32. The number of aromatic nitrogens is 2. The predicted octanol–water partition coefficient (Wildman–Crippen LogP) is 3.20. The second kappa shape index (κ2) is 5.09. The van der Waals surface area contributed by atoms with Gasteiger partial charge in [-0.3, -0.25) is 4.57 Å². The monoisotopic (exact) mass is 320 g/mol. The van der Waals surface area contributed by atoms with Crippen molar-refractivity contribution in [2.24, 2.45) is 5.92 Å². The molecule has 1 aliphatic carbocycles. The van der Waals surface area contributed by atoms with Crippen LogP contribution in [0, 0.1) is 5.92 Å². The molecule has 1 aromatic heterocycles. The summed E-state index contributed by atoms with van der Waals surface area (Å²) >= 11 is 0. The number of hydrogen-bond acceptors (Lipinski definition) is 4. The van der Waals surface area contributed by atoms with Gasteiger partial charge in [0.25, 0.3) is 0 Å². The topological polar surface area (TPSA) is 53.4 Å². The van der Waals surface area contributed by atoms with Crippen molar-refractivity contribution in [3.63, 3.8) is 0 Å². The first kappa shape index (κ1) is 13.6. The Morgan fingerprint density at radius 3 is 2.58 bits per heavy atom. The third-order valence-electron chi connectivity index (χ3n) is 4.66. The Balaban J connectivity index is 1.82. The third kappa shape index (κ3) is 2.16. The Morgan fingerprint density at radius 2 is 1.83 bits per heavy atom. The van der Waals surface area contributed by atoms with Crippen molar-refractivity contribution in [1.29, 1.82) is 0 Å². The molecule has 3 aromatic rings. The first-order chi connectivity index (χ1) is 11.8. The van der Waals surface area contributed by atoms with Gasteiger partial charge in [-0.05, 0) is 24.8 Å². The van der Waals surface area contributed by atoms with Crippen LogP contribution in [0.25, 0.3) is 22.2 Å². The van der Waals surface area contributed by atoms with Crippen molar-refractivity contribution in [3.05, 3.63) is 52.9 Å². The zero-order valence-corrected chi connectivity index (χ0v) is 13.1. The van der Waals surface area contributed by atoms with Gasteiger partial charge in [0, 0.05) is 23.6 Å². The molecular weight excluding hydrogens is 304 g/mol. The Bertz CT molecular complexity index is 991. The first-order valence-electron chi connectivity index (χ1n) is 8.19. The van der Waals surface area contributed by atoms with E-state index in [1.54, 1.807) is 4.57 Å². The molecule has 0 bridgehead atoms. The SMILES string of the molecule is O=c1nc(-c2ccccc2)c2cc3c(cc2n1CC1CC1)OCO3. The molecule has 5 nitrogen and oxygen atoms in total. The Morgan fingerprint density at radius 1 is 1.08 bits per heavy atom. The third-order valence-corrected chi connectivity index (χ3v) is 4.66. The highest BCUT2D eigenvalue weighted by molar-refractivity contribution is 5.94. The van der Waals surface area contributed by atoms with Crippen LogP contribution in [0.2, 0.25) is 0 Å². The van der Waals surface area contributed by atoms with Crippen molar-refractivity contribution < 1.29 is 9.47 Å². The smallest absolute Gasteiger partial charge is 0.348 e. The van der Waals surface area contributed by atoms with Gasteiger partial charge in [0.1, 0.15) is 0 Å². The minimum absolute atomic E-state index is 0.202. The van der Waals surface area contributed by atoms with E-state index in [2.05, 4.69) is 4.98 Å². The molecule has 0 radical (unpaired) electrons. The number of rotatable bonds is 3. The first-order valence-corrected chi connectivity index (χ1v) is 8.19. The van der Waals surface area contributed by atoms with Crippen molar-refractivity contribution in [1.82, 2.24) is 9.55 Å². The minimum Gasteiger partial charge on any atom is -0.454 e. The van der Waals surface area contributed by atoms with E-state index < -0.39 is 0 Å². The van der Waals surface area contributed by atoms with Gasteiger partial charge in [-0.2, -0.15) is 4.98 Å². The molecule has 0 N–H and O–H groups in total. The summed E-state index contributed by atoms with van der Waals surface area (Å²) in [6.07, 6.45) is 2.36. The lowest BCUT2D eigenvalue weighted by atomic mass is 10.1. The summed E-state index contributed by atoms with van der Waals surface area (Å²) in [5, 5.41) is 0.922. The lowest BCUT2D eigenvalue weighted by molar-refractivity contribution is 0.174. The van der Waals surface area contributed by atoms with E-state index in [-0.39, 0.29) is 12.5 Å². The molecule has 2 heterocycles. The predicted molar refractivity (Wildman–Crippen MR) is 90.3 cm³/mol. The number of ether oxygens (including phenoxy) is 2. The largest absolute Gasteiger partial charge is 0.454 e. The minimum atomic E-state index is -0.202. The molecule has 2 aromatic carbocycles. The van der Waals surface area contributed by atoms with E-state index in [1.807, 2.05) is 42.5 Å². The maximum atomic E-state index is 12.7. The standard InChI is InChI=1S/C19H16N2O3/c22-19-20-18(13-4-2-1-3-5-13)14-8-16-17(24-11-23-16)9-15(14)21(19)10-12-6-7-12/h1-5,8-9,12H,6-7,10-11H2. The molecule has 1 aliphatic heterocycles. The Labute approximate surface area is 138 Å². The second-order valence-electron chi connectivity index (χ2n) is 6.39. The van der Waals surface area contributed by atoms with Crippen LogP contribution >= 0.6 is 0 Å². The zero-order valence-electron chi connectivity index (χ0n) is 13.1. The van der Waals surface area contributed by atoms with E-state index in [0.717, 1.165) is 23.0 Å². The molecule has 0 atom stereocenters. The molecule has 0 unspecified atom stereocenters. The maximum Gasteiger partial charge on any atom is 0.348 e. The van der Waals surface area contributed by atoms with Crippen LogP contribution in [-0.2, 0) is 6.54 Å². The molecule has 2 aliphatic rings. The van der Waals surface area contributed by atoms with Gasteiger partial charge in [0.2, 0.25) is 6.79 Å². The van der Waals surface area contributed by atoms with Crippen LogP contribution in [0.3, 0.4) is 0 Å². The summed E-state index contributed by atoms with van der Waals surface area (Å²) in [6.45, 7) is 0.934. The second-order valence-corrected chi connectivity index (χ2v) is 6.39. The fraction of sp³-hybridized carbons (Fsp3) is 0.263. The van der Waals surface area contributed by atoms with Gasteiger partial charge in [-0.15, -0.1) is 0 Å². The summed E-state index contributed by atoms with van der Waals surface area (Å²) in [6, 6.07) is 13.6. The van der Waals surface area contributed by atoms with Gasteiger partial charge in [-0.25, -0.2) is 4.79 Å². The van der Waals surface area contributed by atoms with Crippen molar-refractivity contribution in [3.8, 4) is 22.8 Å². The molecule has 5 rings (SSSR count). The lowest BCUT2D eigenvalue weighted by Crippen LogP contribution is -2.25. The van der Waals surface area contributed by atoms with Crippen LogP contribution in [0.5, 0.6) is 11.5 Å². The highest BCUT2D eigenvalue weighted by atomic mass is 16.7. The highest BCUT2D eigenvalue weighted by Gasteiger charge is 2.25. The number of fused-ring (bicyclic) bond motifs is 2. The highest BCUT2D eigenvalue weighted by Crippen LogP contribution is 2.39. The molecule has 24 heavy (non-hydrogen) atoms. The van der Waals surface area contributed by atoms with E-state index >= 15 is 0 Å². The fourth-order valence-electron chi connectivity index (χ4n) is 3.21. The van der Waals surface area contributed by atoms with Gasteiger partial charge in [0.15, 0.2) is 11.5 Å². The van der Waals surface area contributed by atoms with Crippen LogP contribution < -0.4 is 15.2 Å². The average molecular weight is 320 g/mol. The molecule has 5 heteroatoms. The normalized spacial score (nSPS) is 15.8. The number of hydrogen-bond donors (Lipinski definition) is 0. The summed E-state index contributed by atoms with van der Waals surface area (Å²) in [5.74, 6) is 1.98. The summed E-state index contributed by atoms with van der Waals surface area (Å²) < 4.78 is 12.8. The Kier molecular flexibility index (Phi) is 2.89. The molecule has 1 saturated carbocycles. The lowest BCUT2D eigenvalue weighted by Gasteiger charge is -2.13. The van der Waals surface area contributed by atoms with Crippen LogP contribution in [0.4, 0.5) is 0 Å². The molecule has 0 spiro atoms. The molecule has 0 amide bonds. The molecular formula is C19H16N2O3. The van der Waals surface area contributed by atoms with E-state index in [4.69, 9.17) is 9.47 Å². The fourth-order valence-corrected chi connectivity index (χ4v) is 3.21. The maximum absolute atomic E-state index is 12.7. The van der Waals surface area contributed by atoms with Crippen LogP contribution in [-0.4, -0.2) is 16.3 Å².